The Morgan fingerprint density at radius 2 is 1.78 bits per heavy atom. The SMILES string of the molecule is N#CC[C@@H]1CCCN1c1ccc(Cc2c(F)cccc2F)cc1. The summed E-state index contributed by atoms with van der Waals surface area (Å²) in [6.45, 7) is 0.952. The zero-order valence-electron chi connectivity index (χ0n) is 12.8. The van der Waals surface area contributed by atoms with Crippen molar-refractivity contribution in [3.8, 4) is 6.07 Å². The van der Waals surface area contributed by atoms with E-state index in [2.05, 4.69) is 11.0 Å². The Hall–Kier alpha value is -2.41. The van der Waals surface area contributed by atoms with Crippen molar-refractivity contribution in [2.24, 2.45) is 0 Å². The fourth-order valence-corrected chi connectivity index (χ4v) is 3.20. The van der Waals surface area contributed by atoms with E-state index in [-0.39, 0.29) is 18.0 Å². The first-order chi connectivity index (χ1) is 11.2. The molecule has 0 radical (unpaired) electrons. The van der Waals surface area contributed by atoms with Crippen LogP contribution in [0, 0.1) is 23.0 Å². The molecule has 0 unspecified atom stereocenters. The van der Waals surface area contributed by atoms with Gasteiger partial charge in [-0.2, -0.15) is 5.26 Å². The van der Waals surface area contributed by atoms with Crippen LogP contribution < -0.4 is 4.90 Å². The molecule has 0 saturated carbocycles. The van der Waals surface area contributed by atoms with Crippen molar-refractivity contribution in [3.63, 3.8) is 0 Å². The largest absolute Gasteiger partial charge is 0.368 e. The topological polar surface area (TPSA) is 27.0 Å². The summed E-state index contributed by atoms with van der Waals surface area (Å²) >= 11 is 0. The minimum absolute atomic E-state index is 0.101. The van der Waals surface area contributed by atoms with Crippen molar-refractivity contribution < 1.29 is 8.78 Å². The third-order valence-electron chi connectivity index (χ3n) is 4.41. The molecule has 0 bridgehead atoms. The lowest BCUT2D eigenvalue weighted by molar-refractivity contribution is 0.561. The number of anilines is 1. The summed E-state index contributed by atoms with van der Waals surface area (Å²) in [5.41, 5.74) is 2.04. The van der Waals surface area contributed by atoms with Crippen LogP contribution in [0.4, 0.5) is 14.5 Å². The molecule has 0 amide bonds. The number of hydrogen-bond acceptors (Lipinski definition) is 2. The van der Waals surface area contributed by atoms with Crippen LogP contribution in [0.1, 0.15) is 30.4 Å². The molecule has 118 valence electrons. The minimum Gasteiger partial charge on any atom is -0.368 e. The third kappa shape index (κ3) is 3.34. The summed E-state index contributed by atoms with van der Waals surface area (Å²) in [6.07, 6.45) is 2.90. The van der Waals surface area contributed by atoms with Gasteiger partial charge in [0.25, 0.3) is 0 Å². The second-order valence-corrected chi connectivity index (χ2v) is 5.90. The van der Waals surface area contributed by atoms with Crippen LogP contribution in [0.3, 0.4) is 0 Å². The van der Waals surface area contributed by atoms with Crippen molar-refractivity contribution in [1.82, 2.24) is 0 Å². The lowest BCUT2D eigenvalue weighted by Gasteiger charge is -2.25. The molecule has 0 aliphatic carbocycles. The van der Waals surface area contributed by atoms with Crippen LogP contribution in [-0.4, -0.2) is 12.6 Å². The first kappa shape index (κ1) is 15.5. The standard InChI is InChI=1S/C19H18F2N2/c20-18-4-1-5-19(21)17(18)13-14-6-8-16(9-7-14)23-12-2-3-15(23)10-11-22/h1,4-9,15H,2-3,10,12-13H2/t15-/m0/s1. The predicted molar refractivity (Wildman–Crippen MR) is 86.2 cm³/mol. The van der Waals surface area contributed by atoms with Gasteiger partial charge in [0, 0.05) is 30.3 Å². The maximum Gasteiger partial charge on any atom is 0.129 e. The van der Waals surface area contributed by atoms with E-state index in [1.807, 2.05) is 24.3 Å². The first-order valence-electron chi connectivity index (χ1n) is 7.84. The zero-order valence-corrected chi connectivity index (χ0v) is 12.8. The van der Waals surface area contributed by atoms with Crippen LogP contribution in [0.2, 0.25) is 0 Å². The molecule has 1 aliphatic heterocycles. The average Bonchev–Trinajstić information content (AvgIpc) is 3.00. The first-order valence-corrected chi connectivity index (χ1v) is 7.84. The zero-order chi connectivity index (χ0) is 16.2. The van der Waals surface area contributed by atoms with Gasteiger partial charge < -0.3 is 4.90 Å². The lowest BCUT2D eigenvalue weighted by atomic mass is 10.0. The molecule has 1 atom stereocenters. The van der Waals surface area contributed by atoms with Gasteiger partial charge in [-0.15, -0.1) is 0 Å². The molecule has 3 rings (SSSR count). The van der Waals surface area contributed by atoms with Gasteiger partial charge in [0.05, 0.1) is 12.5 Å². The van der Waals surface area contributed by atoms with Gasteiger partial charge >= 0.3 is 0 Å². The van der Waals surface area contributed by atoms with Crippen LogP contribution in [0.15, 0.2) is 42.5 Å². The highest BCUT2D eigenvalue weighted by Gasteiger charge is 2.24. The average molecular weight is 312 g/mol. The fourth-order valence-electron chi connectivity index (χ4n) is 3.20. The van der Waals surface area contributed by atoms with Gasteiger partial charge in [0.1, 0.15) is 11.6 Å². The van der Waals surface area contributed by atoms with E-state index in [0.717, 1.165) is 30.6 Å². The van der Waals surface area contributed by atoms with Gasteiger partial charge in [-0.25, -0.2) is 8.78 Å². The smallest absolute Gasteiger partial charge is 0.129 e. The van der Waals surface area contributed by atoms with E-state index in [1.165, 1.54) is 18.2 Å². The molecule has 23 heavy (non-hydrogen) atoms. The Balaban J connectivity index is 1.76. The lowest BCUT2D eigenvalue weighted by Crippen LogP contribution is -2.28. The van der Waals surface area contributed by atoms with Crippen LogP contribution in [0.5, 0.6) is 0 Å². The number of rotatable bonds is 4. The Morgan fingerprint density at radius 3 is 2.43 bits per heavy atom. The Labute approximate surface area is 135 Å². The second-order valence-electron chi connectivity index (χ2n) is 5.90. The van der Waals surface area contributed by atoms with Crippen molar-refractivity contribution in [1.29, 1.82) is 5.26 Å². The van der Waals surface area contributed by atoms with Crippen molar-refractivity contribution in [2.45, 2.75) is 31.7 Å². The molecular formula is C19H18F2N2. The number of nitrogens with zero attached hydrogens (tertiary/aromatic N) is 2. The van der Waals surface area contributed by atoms with Gasteiger partial charge in [-0.1, -0.05) is 18.2 Å². The van der Waals surface area contributed by atoms with E-state index in [9.17, 15) is 8.78 Å². The molecule has 2 aromatic carbocycles. The molecule has 0 aromatic heterocycles. The van der Waals surface area contributed by atoms with E-state index in [0.29, 0.717) is 6.42 Å². The van der Waals surface area contributed by atoms with Crippen LogP contribution in [0.25, 0.3) is 0 Å². The summed E-state index contributed by atoms with van der Waals surface area (Å²) in [5, 5.41) is 8.90. The highest BCUT2D eigenvalue weighted by molar-refractivity contribution is 5.50. The van der Waals surface area contributed by atoms with E-state index in [4.69, 9.17) is 5.26 Å². The molecule has 1 fully saturated rings. The summed E-state index contributed by atoms with van der Waals surface area (Å²) in [4.78, 5) is 2.25. The fraction of sp³-hybridized carbons (Fsp3) is 0.316. The van der Waals surface area contributed by atoms with Crippen molar-refractivity contribution >= 4 is 5.69 Å². The van der Waals surface area contributed by atoms with Crippen molar-refractivity contribution in [2.75, 3.05) is 11.4 Å². The molecule has 1 aliphatic rings. The Kier molecular flexibility index (Phi) is 4.57. The Morgan fingerprint density at radius 1 is 1.09 bits per heavy atom. The number of nitriles is 1. The van der Waals surface area contributed by atoms with E-state index < -0.39 is 11.6 Å². The highest BCUT2D eigenvalue weighted by Crippen LogP contribution is 2.28. The van der Waals surface area contributed by atoms with Gasteiger partial charge in [-0.3, -0.25) is 0 Å². The maximum atomic E-state index is 13.7. The van der Waals surface area contributed by atoms with Crippen molar-refractivity contribution in [3.05, 3.63) is 65.2 Å². The van der Waals surface area contributed by atoms with Crippen LogP contribution >= 0.6 is 0 Å². The molecule has 1 saturated heterocycles. The van der Waals surface area contributed by atoms with Gasteiger partial charge in [-0.05, 0) is 42.7 Å². The summed E-state index contributed by atoms with van der Waals surface area (Å²) in [5.74, 6) is -1.02. The second kappa shape index (κ2) is 6.78. The molecule has 0 spiro atoms. The number of halogens is 2. The highest BCUT2D eigenvalue weighted by atomic mass is 19.1. The minimum atomic E-state index is -0.511. The maximum absolute atomic E-state index is 13.7. The predicted octanol–water partition coefficient (Wildman–Crippen LogP) is 4.44. The number of benzene rings is 2. The third-order valence-corrected chi connectivity index (χ3v) is 4.41. The van der Waals surface area contributed by atoms with E-state index in [1.54, 1.807) is 0 Å². The summed E-state index contributed by atoms with van der Waals surface area (Å²) < 4.78 is 27.4. The Bertz CT molecular complexity index is 699. The quantitative estimate of drug-likeness (QED) is 0.834. The summed E-state index contributed by atoms with van der Waals surface area (Å²) in [7, 11) is 0. The molecule has 0 N–H and O–H groups in total. The summed E-state index contributed by atoms with van der Waals surface area (Å²) in [6, 6.07) is 14.2. The molecule has 4 heteroatoms. The van der Waals surface area contributed by atoms with Crippen LogP contribution in [-0.2, 0) is 6.42 Å². The van der Waals surface area contributed by atoms with Gasteiger partial charge in [0.2, 0.25) is 0 Å². The van der Waals surface area contributed by atoms with E-state index >= 15 is 0 Å². The molecule has 2 aromatic rings. The molecular weight excluding hydrogens is 294 g/mol. The normalized spacial score (nSPS) is 17.3. The molecule has 2 nitrogen and oxygen atoms in total. The number of hydrogen-bond donors (Lipinski definition) is 0. The van der Waals surface area contributed by atoms with Gasteiger partial charge in [0.15, 0.2) is 0 Å². The molecule has 1 heterocycles. The monoisotopic (exact) mass is 312 g/mol.